The Kier molecular flexibility index (Phi) is 4.83. The topological polar surface area (TPSA) is 81.1 Å². The van der Waals surface area contributed by atoms with Crippen LogP contribution in [0, 0.1) is 3.57 Å². The zero-order valence-electron chi connectivity index (χ0n) is 8.24. The van der Waals surface area contributed by atoms with Gasteiger partial charge in [0.2, 0.25) is 0 Å². The van der Waals surface area contributed by atoms with Crippen molar-refractivity contribution in [3.05, 3.63) is 33.4 Å². The Bertz CT molecular complexity index is 326. The predicted octanol–water partition coefficient (Wildman–Crippen LogP) is 1.35. The number of hydrogen-bond acceptors (Lipinski definition) is 2. The summed E-state index contributed by atoms with van der Waals surface area (Å²) in [6.07, 6.45) is 0.684. The summed E-state index contributed by atoms with van der Waals surface area (Å²) in [5.74, 6) is 0. The molecule has 0 aromatic heterocycles. The van der Waals surface area contributed by atoms with E-state index in [0.29, 0.717) is 13.0 Å². The molecule has 4 nitrogen and oxygen atoms in total. The number of halogens is 1. The summed E-state index contributed by atoms with van der Waals surface area (Å²) in [5, 5.41) is 2.51. The maximum absolute atomic E-state index is 10.4. The summed E-state index contributed by atoms with van der Waals surface area (Å²) in [5.41, 5.74) is 12.0. The van der Waals surface area contributed by atoms with Gasteiger partial charge in [0.05, 0.1) is 0 Å². The van der Waals surface area contributed by atoms with Gasteiger partial charge in [-0.15, -0.1) is 0 Å². The molecule has 1 aromatic carbocycles. The fraction of sp³-hybridized carbons (Fsp3) is 0.300. The lowest BCUT2D eigenvalue weighted by Gasteiger charge is -2.11. The number of benzene rings is 1. The number of urea groups is 1. The molecule has 0 radical (unpaired) electrons. The summed E-state index contributed by atoms with van der Waals surface area (Å²) >= 11 is 2.24. The first-order valence-electron chi connectivity index (χ1n) is 4.64. The fourth-order valence-electron chi connectivity index (χ4n) is 1.23. The highest BCUT2D eigenvalue weighted by Gasteiger charge is 2.05. The third kappa shape index (κ3) is 4.48. The van der Waals surface area contributed by atoms with Crippen molar-refractivity contribution in [3.63, 3.8) is 0 Å². The SMILES string of the molecule is NC(=O)NCCC(N)c1ccc(I)cc1. The third-order valence-electron chi connectivity index (χ3n) is 2.05. The quantitative estimate of drug-likeness (QED) is 0.732. The van der Waals surface area contributed by atoms with Crippen molar-refractivity contribution in [2.75, 3.05) is 6.54 Å². The molecule has 1 rings (SSSR count). The van der Waals surface area contributed by atoms with Crippen LogP contribution in [0.25, 0.3) is 0 Å². The second-order valence-corrected chi connectivity index (χ2v) is 4.48. The van der Waals surface area contributed by atoms with Crippen molar-refractivity contribution in [2.24, 2.45) is 11.5 Å². The zero-order valence-corrected chi connectivity index (χ0v) is 10.4. The van der Waals surface area contributed by atoms with Crippen molar-refractivity contribution in [3.8, 4) is 0 Å². The summed E-state index contributed by atoms with van der Waals surface area (Å²) < 4.78 is 1.18. The summed E-state index contributed by atoms with van der Waals surface area (Å²) in [6.45, 7) is 0.502. The van der Waals surface area contributed by atoms with Crippen molar-refractivity contribution in [1.82, 2.24) is 5.32 Å². The highest BCUT2D eigenvalue weighted by molar-refractivity contribution is 14.1. The van der Waals surface area contributed by atoms with Crippen LogP contribution in [0.15, 0.2) is 24.3 Å². The Balaban J connectivity index is 2.43. The minimum Gasteiger partial charge on any atom is -0.352 e. The van der Waals surface area contributed by atoms with E-state index in [-0.39, 0.29) is 6.04 Å². The molecule has 2 amide bonds. The smallest absolute Gasteiger partial charge is 0.312 e. The highest BCUT2D eigenvalue weighted by Crippen LogP contribution is 2.15. The van der Waals surface area contributed by atoms with Gasteiger partial charge >= 0.3 is 6.03 Å². The molecule has 0 heterocycles. The van der Waals surface area contributed by atoms with Gasteiger partial charge in [-0.1, -0.05) is 12.1 Å². The van der Waals surface area contributed by atoms with Crippen LogP contribution in [-0.2, 0) is 0 Å². The van der Waals surface area contributed by atoms with Gasteiger partial charge in [0, 0.05) is 16.2 Å². The summed E-state index contributed by atoms with van der Waals surface area (Å²) in [6, 6.07) is 7.45. The number of nitrogens with two attached hydrogens (primary N) is 2. The lowest BCUT2D eigenvalue weighted by atomic mass is 10.1. The Morgan fingerprint density at radius 1 is 1.40 bits per heavy atom. The molecule has 0 spiro atoms. The van der Waals surface area contributed by atoms with Crippen LogP contribution in [0.4, 0.5) is 4.79 Å². The molecule has 1 atom stereocenters. The minimum atomic E-state index is -0.509. The van der Waals surface area contributed by atoms with Gasteiger partial charge in [0.15, 0.2) is 0 Å². The number of carbonyl (C=O) groups excluding carboxylic acids is 1. The minimum absolute atomic E-state index is 0.0613. The molecule has 0 bridgehead atoms. The van der Waals surface area contributed by atoms with Gasteiger partial charge in [-0.3, -0.25) is 0 Å². The second-order valence-electron chi connectivity index (χ2n) is 3.24. The molecular weight excluding hydrogens is 305 g/mol. The van der Waals surface area contributed by atoms with E-state index < -0.39 is 6.03 Å². The Morgan fingerprint density at radius 3 is 2.53 bits per heavy atom. The number of nitrogens with one attached hydrogen (secondary N) is 1. The molecule has 15 heavy (non-hydrogen) atoms. The first kappa shape index (κ1) is 12.3. The second kappa shape index (κ2) is 5.92. The molecule has 0 aliphatic rings. The normalized spacial score (nSPS) is 12.1. The lowest BCUT2D eigenvalue weighted by molar-refractivity contribution is 0.248. The van der Waals surface area contributed by atoms with E-state index >= 15 is 0 Å². The van der Waals surface area contributed by atoms with Gasteiger partial charge in [-0.2, -0.15) is 0 Å². The van der Waals surface area contributed by atoms with Crippen LogP contribution in [0.3, 0.4) is 0 Å². The van der Waals surface area contributed by atoms with Gasteiger partial charge in [0.25, 0.3) is 0 Å². The van der Waals surface area contributed by atoms with E-state index in [0.717, 1.165) is 5.56 Å². The van der Waals surface area contributed by atoms with Crippen LogP contribution in [-0.4, -0.2) is 12.6 Å². The molecule has 0 saturated carbocycles. The Labute approximate surface area is 103 Å². The van der Waals surface area contributed by atoms with Gasteiger partial charge < -0.3 is 16.8 Å². The zero-order chi connectivity index (χ0) is 11.3. The molecule has 0 fully saturated rings. The third-order valence-corrected chi connectivity index (χ3v) is 2.77. The van der Waals surface area contributed by atoms with E-state index in [4.69, 9.17) is 11.5 Å². The monoisotopic (exact) mass is 319 g/mol. The lowest BCUT2D eigenvalue weighted by Crippen LogP contribution is -2.31. The van der Waals surface area contributed by atoms with Crippen LogP contribution in [0.2, 0.25) is 0 Å². The number of carbonyl (C=O) groups is 1. The number of hydrogen-bond donors (Lipinski definition) is 3. The van der Waals surface area contributed by atoms with Crippen molar-refractivity contribution < 1.29 is 4.79 Å². The summed E-state index contributed by atoms with van der Waals surface area (Å²) in [7, 11) is 0. The predicted molar refractivity (Wildman–Crippen MR) is 68.3 cm³/mol. The van der Waals surface area contributed by atoms with E-state index in [1.165, 1.54) is 3.57 Å². The van der Waals surface area contributed by atoms with Crippen molar-refractivity contribution >= 4 is 28.6 Å². The maximum atomic E-state index is 10.4. The molecule has 0 aliphatic carbocycles. The average Bonchev–Trinajstić information content (AvgIpc) is 2.18. The standard InChI is InChI=1S/C10H14IN3O/c11-8-3-1-7(2-4-8)9(12)5-6-14-10(13)15/h1-4,9H,5-6,12H2,(H3,13,14,15). The molecule has 0 aliphatic heterocycles. The van der Waals surface area contributed by atoms with Crippen LogP contribution >= 0.6 is 22.6 Å². The largest absolute Gasteiger partial charge is 0.352 e. The number of rotatable bonds is 4. The molecule has 0 saturated heterocycles. The van der Waals surface area contributed by atoms with Crippen molar-refractivity contribution in [1.29, 1.82) is 0 Å². The molecule has 1 aromatic rings. The molecule has 82 valence electrons. The number of primary amides is 1. The number of amides is 2. The van der Waals surface area contributed by atoms with E-state index in [1.54, 1.807) is 0 Å². The van der Waals surface area contributed by atoms with Gasteiger partial charge in [0.1, 0.15) is 0 Å². The van der Waals surface area contributed by atoms with Gasteiger partial charge in [-0.05, 0) is 46.7 Å². The van der Waals surface area contributed by atoms with Crippen LogP contribution in [0.5, 0.6) is 0 Å². The summed E-state index contributed by atoms with van der Waals surface area (Å²) in [4.78, 5) is 10.4. The first-order chi connectivity index (χ1) is 7.09. The molecule has 1 unspecified atom stereocenters. The Morgan fingerprint density at radius 2 is 2.00 bits per heavy atom. The van der Waals surface area contributed by atoms with Gasteiger partial charge in [-0.25, -0.2) is 4.79 Å². The van der Waals surface area contributed by atoms with Crippen LogP contribution < -0.4 is 16.8 Å². The van der Waals surface area contributed by atoms with Crippen LogP contribution in [0.1, 0.15) is 18.0 Å². The van der Waals surface area contributed by atoms with E-state index in [2.05, 4.69) is 27.9 Å². The Hall–Kier alpha value is -0.820. The van der Waals surface area contributed by atoms with E-state index in [1.807, 2.05) is 24.3 Å². The maximum Gasteiger partial charge on any atom is 0.312 e. The fourth-order valence-corrected chi connectivity index (χ4v) is 1.59. The van der Waals surface area contributed by atoms with E-state index in [9.17, 15) is 4.79 Å². The molecule has 5 N–H and O–H groups in total. The average molecular weight is 319 g/mol. The molecular formula is C10H14IN3O. The molecule has 5 heteroatoms. The van der Waals surface area contributed by atoms with Crippen molar-refractivity contribution in [2.45, 2.75) is 12.5 Å². The first-order valence-corrected chi connectivity index (χ1v) is 5.72. The highest BCUT2D eigenvalue weighted by atomic mass is 127.